The van der Waals surface area contributed by atoms with Crippen LogP contribution >= 0.6 is 0 Å². The minimum atomic E-state index is -2.16. The molecule has 10 rings (SSSR count). The van der Waals surface area contributed by atoms with Crippen molar-refractivity contribution in [2.45, 2.75) is 53.6 Å². The first kappa shape index (κ1) is 33.3. The molecule has 291 valence electrons. The smallest absolute Gasteiger partial charge is 0.216 e. The first-order valence-electron chi connectivity index (χ1n) is 21.6. The minimum absolute atomic E-state index is 0. The Balaban J connectivity index is 0.000000181. The zero-order valence-corrected chi connectivity index (χ0v) is 36.5. The fourth-order valence-electron chi connectivity index (χ4n) is 7.44. The number of hydrogen-bond donors (Lipinski definition) is 0. The predicted molar refractivity (Wildman–Crippen MR) is 237 cm³/mol. The van der Waals surface area contributed by atoms with Gasteiger partial charge in [0.2, 0.25) is 5.71 Å². The van der Waals surface area contributed by atoms with E-state index in [1.54, 1.807) is 18.3 Å². The molecule has 5 aromatic heterocycles. The van der Waals surface area contributed by atoms with Crippen molar-refractivity contribution < 1.29 is 35.8 Å². The zero-order chi connectivity index (χ0) is 43.7. The summed E-state index contributed by atoms with van der Waals surface area (Å²) >= 11 is 0. The summed E-state index contributed by atoms with van der Waals surface area (Å²) in [6.45, 7) is 10.1. The van der Waals surface area contributed by atoms with Gasteiger partial charge in [-0.2, -0.15) is 0 Å². The van der Waals surface area contributed by atoms with Gasteiger partial charge in [0, 0.05) is 55.0 Å². The average molecular weight is 958 g/mol. The van der Waals surface area contributed by atoms with Crippen molar-refractivity contribution in [1.82, 2.24) is 19.5 Å². The molecule has 0 bridgehead atoms. The Bertz CT molecular complexity index is 3310. The van der Waals surface area contributed by atoms with E-state index in [4.69, 9.17) is 20.7 Å². The number of aryl methyl sites for hydroxylation is 2. The average Bonchev–Trinajstić information content (AvgIpc) is 3.94. The second-order valence-corrected chi connectivity index (χ2v) is 20.7. The number of furan rings is 2. The van der Waals surface area contributed by atoms with Crippen molar-refractivity contribution in [3.63, 3.8) is 0 Å². The second kappa shape index (κ2) is 15.6. The molecule has 8 heteroatoms. The topological polar surface area (TPSA) is 69.9 Å². The molecule has 0 N–H and O–H groups in total. The molecular weight excluding hydrogens is 909 g/mol. The van der Waals surface area contributed by atoms with Crippen LogP contribution in [0.3, 0.4) is 0 Å². The molecule has 0 aliphatic rings. The zero-order valence-electron chi connectivity index (χ0n) is 38.1. The quantitative estimate of drug-likeness (QED) is 0.123. The predicted octanol–water partition coefficient (Wildman–Crippen LogP) is 12.6. The third kappa shape index (κ3) is 7.21. The van der Waals surface area contributed by atoms with Crippen molar-refractivity contribution in [2.24, 2.45) is 5.92 Å². The number of nitrogens with zero attached hydrogens (tertiary/aromatic N) is 4. The summed E-state index contributed by atoms with van der Waals surface area (Å²) in [5.74, 6) is 0.570. The Morgan fingerprint density at radius 2 is 1.60 bits per heavy atom. The van der Waals surface area contributed by atoms with Gasteiger partial charge in [-0.25, -0.2) is 4.98 Å². The molecule has 1 radical (unpaired) electrons. The van der Waals surface area contributed by atoms with Crippen molar-refractivity contribution in [1.29, 1.82) is 0 Å². The molecule has 0 fully saturated rings. The number of aromatic nitrogens is 4. The number of imidazole rings is 1. The normalized spacial score (nSPS) is 13.5. The minimum Gasteiger partial charge on any atom is -0.486 e. The number of rotatable bonds is 6. The van der Waals surface area contributed by atoms with E-state index in [0.717, 1.165) is 77.3 Å². The molecule has 0 spiro atoms. The van der Waals surface area contributed by atoms with Gasteiger partial charge in [0.15, 0.2) is 5.58 Å². The van der Waals surface area contributed by atoms with Crippen molar-refractivity contribution in [3.05, 3.63) is 150 Å². The van der Waals surface area contributed by atoms with E-state index in [9.17, 15) is 0 Å². The standard InChI is InChI=1S/C31H18N3O2.C19H26NSi.Ir/c1-18-16-17-22-21-9-6-11-23(28(21)36-31(22)32-18)30-33-24-12-3-4-13-25(24)34(30)26-14-7-10-20-19-8-2-5-15-27(19)35-29(20)26;1-14(2)11-17-12-18(16-9-7-15(3)8-10-16)20-13-19(17)21(4,5)6;/h2-10,12-17H,1H3;7-9,12-14H,11H2,1-6H3;/q2*-1;/i;3D3,11D2;. The molecule has 58 heavy (non-hydrogen) atoms. The maximum Gasteiger partial charge on any atom is 0.216 e. The number of fused-ring (bicyclic) bond motifs is 7. The van der Waals surface area contributed by atoms with Gasteiger partial charge in [-0.3, -0.25) is 4.98 Å². The van der Waals surface area contributed by atoms with Crippen LogP contribution in [0.15, 0.2) is 130 Å². The van der Waals surface area contributed by atoms with E-state index < -0.39 is 21.3 Å². The molecule has 0 atom stereocenters. The Hall–Kier alpha value is -5.66. The maximum absolute atomic E-state index is 8.59. The molecule has 0 saturated heterocycles. The van der Waals surface area contributed by atoms with E-state index in [0.29, 0.717) is 22.5 Å². The summed E-state index contributed by atoms with van der Waals surface area (Å²) in [5, 5.41) is 5.14. The van der Waals surface area contributed by atoms with Gasteiger partial charge in [0.25, 0.3) is 0 Å². The van der Waals surface area contributed by atoms with Crippen LogP contribution in [0.2, 0.25) is 19.6 Å². The van der Waals surface area contributed by atoms with Gasteiger partial charge in [-0.05, 0) is 66.5 Å². The SMILES string of the molecule is Cc1ccc2c(n1)oc1c(-c3nc4ccccc4n3-c3cccc4c3oc3ccccc34)[c-]ccc12.[2H]C([2H])([2H])c1c[c-]c(-c2cc(C([2H])([2H])C(C)C)c([Si](C)(C)C)cn2)cc1.[Ir]. The summed E-state index contributed by atoms with van der Waals surface area (Å²) < 4.78 is 54.4. The maximum atomic E-state index is 8.59. The fourth-order valence-corrected chi connectivity index (χ4v) is 8.85. The van der Waals surface area contributed by atoms with Crippen LogP contribution in [0.1, 0.15) is 37.5 Å². The monoisotopic (exact) mass is 958 g/mol. The molecule has 0 aliphatic carbocycles. The van der Waals surface area contributed by atoms with E-state index in [-0.39, 0.29) is 31.6 Å². The molecule has 0 aliphatic heterocycles. The summed E-state index contributed by atoms with van der Waals surface area (Å²) in [4.78, 5) is 14.2. The summed E-state index contributed by atoms with van der Waals surface area (Å²) in [7, 11) is -1.78. The van der Waals surface area contributed by atoms with Gasteiger partial charge >= 0.3 is 0 Å². The van der Waals surface area contributed by atoms with E-state index in [1.807, 2.05) is 81.4 Å². The van der Waals surface area contributed by atoms with Crippen molar-refractivity contribution >= 4 is 68.3 Å². The number of hydrogen-bond acceptors (Lipinski definition) is 5. The summed E-state index contributed by atoms with van der Waals surface area (Å²) in [6.07, 6.45) is 0.328. The first-order valence-corrected chi connectivity index (χ1v) is 22.6. The molecule has 10 aromatic rings. The molecule has 0 amide bonds. The van der Waals surface area contributed by atoms with Gasteiger partial charge in [-0.15, -0.1) is 53.6 Å². The summed E-state index contributed by atoms with van der Waals surface area (Å²) in [6, 6.07) is 43.5. The van der Waals surface area contributed by atoms with Gasteiger partial charge in [0.05, 0.1) is 36.2 Å². The van der Waals surface area contributed by atoms with E-state index in [2.05, 4.69) is 82.7 Å². The Kier molecular flexibility index (Phi) is 8.96. The van der Waals surface area contributed by atoms with E-state index >= 15 is 0 Å². The molecule has 5 aromatic carbocycles. The first-order chi connectivity index (χ1) is 29.5. The molecular formula is C50H44IrN4O2Si-2. The van der Waals surface area contributed by atoms with Crippen LogP contribution in [0.4, 0.5) is 0 Å². The van der Waals surface area contributed by atoms with Crippen LogP contribution < -0.4 is 5.19 Å². The van der Waals surface area contributed by atoms with Gasteiger partial charge < -0.3 is 18.4 Å². The summed E-state index contributed by atoms with van der Waals surface area (Å²) in [5.41, 5.74) is 9.70. The van der Waals surface area contributed by atoms with Crippen molar-refractivity contribution in [2.75, 3.05) is 0 Å². The number of para-hydroxylation sites is 4. The van der Waals surface area contributed by atoms with Crippen LogP contribution in [0.25, 0.3) is 83.4 Å². The Morgan fingerprint density at radius 1 is 0.810 bits per heavy atom. The largest absolute Gasteiger partial charge is 0.486 e. The third-order valence-electron chi connectivity index (χ3n) is 10.1. The molecule has 0 saturated carbocycles. The molecule has 5 heterocycles. The second-order valence-electron chi connectivity index (χ2n) is 15.7. The third-order valence-corrected chi connectivity index (χ3v) is 12.1. The van der Waals surface area contributed by atoms with Crippen LogP contribution in [-0.4, -0.2) is 27.6 Å². The van der Waals surface area contributed by atoms with Crippen LogP contribution in [0, 0.1) is 31.8 Å². The van der Waals surface area contributed by atoms with Crippen molar-refractivity contribution in [3.8, 4) is 28.3 Å². The Morgan fingerprint density at radius 3 is 2.40 bits per heavy atom. The Labute approximate surface area is 360 Å². The fraction of sp³-hybridized carbons (Fsp3) is 0.180. The van der Waals surface area contributed by atoms with Gasteiger partial charge in [0.1, 0.15) is 5.58 Å². The molecule has 6 nitrogen and oxygen atoms in total. The van der Waals surface area contributed by atoms with E-state index in [1.165, 1.54) is 6.07 Å². The van der Waals surface area contributed by atoms with Crippen LogP contribution in [0.5, 0.6) is 0 Å². The number of pyridine rings is 2. The number of benzene rings is 5. The molecule has 0 unspecified atom stereocenters. The van der Waals surface area contributed by atoms with Crippen LogP contribution in [-0.2, 0) is 26.5 Å². The van der Waals surface area contributed by atoms with Gasteiger partial charge in [-0.1, -0.05) is 105 Å².